The first-order valence-corrected chi connectivity index (χ1v) is 9.92. The minimum Gasteiger partial charge on any atom is -1.00 e. The summed E-state index contributed by atoms with van der Waals surface area (Å²) >= 11 is 0. The maximum Gasteiger partial charge on any atom is 4.00 e. The normalized spacial score (nSPS) is 13.4. The molecule has 31 heavy (non-hydrogen) atoms. The summed E-state index contributed by atoms with van der Waals surface area (Å²) in [6.45, 7) is 11.0. The van der Waals surface area contributed by atoms with E-state index in [1.54, 1.807) is 0 Å². The summed E-state index contributed by atoms with van der Waals surface area (Å²) in [4.78, 5) is 0. The first-order chi connectivity index (χ1) is 13.5. The van der Waals surface area contributed by atoms with E-state index in [4.69, 9.17) is 0 Å². The molecule has 1 aromatic heterocycles. The van der Waals surface area contributed by atoms with Crippen LogP contribution in [0.3, 0.4) is 0 Å². The molecule has 0 saturated heterocycles. The van der Waals surface area contributed by atoms with Crippen molar-refractivity contribution in [3.8, 4) is 0 Å². The zero-order valence-corrected chi connectivity index (χ0v) is 22.6. The quantitative estimate of drug-likeness (QED) is 0.326. The third-order valence-corrected chi connectivity index (χ3v) is 6.41. The fourth-order valence-corrected chi connectivity index (χ4v) is 4.12. The Kier molecular flexibility index (Phi) is 10.1. The molecule has 1 nitrogen and oxygen atoms in total. The number of aromatic nitrogens is 1. The van der Waals surface area contributed by atoms with E-state index in [0.29, 0.717) is 0 Å². The number of hydrogen-bond acceptors (Lipinski definition) is 0. The summed E-state index contributed by atoms with van der Waals surface area (Å²) in [7, 11) is 0. The molecular formula is C27H27Cl2NZr. The number of rotatable bonds is 1. The first kappa shape index (κ1) is 27.6. The summed E-state index contributed by atoms with van der Waals surface area (Å²) in [6, 6.07) is 19.4. The van der Waals surface area contributed by atoms with Gasteiger partial charge in [0.1, 0.15) is 0 Å². The van der Waals surface area contributed by atoms with E-state index in [2.05, 4.69) is 112 Å². The molecule has 158 valence electrons. The van der Waals surface area contributed by atoms with Crippen LogP contribution in [0.15, 0.2) is 60.8 Å². The smallest absolute Gasteiger partial charge is 1.00 e. The zero-order valence-electron chi connectivity index (χ0n) is 18.6. The van der Waals surface area contributed by atoms with Crippen molar-refractivity contribution < 1.29 is 51.0 Å². The maximum atomic E-state index is 3.45. The van der Waals surface area contributed by atoms with Gasteiger partial charge in [-0.3, -0.25) is 0 Å². The van der Waals surface area contributed by atoms with Crippen molar-refractivity contribution in [2.45, 2.75) is 40.7 Å². The van der Waals surface area contributed by atoms with E-state index in [1.807, 2.05) is 0 Å². The van der Waals surface area contributed by atoms with Crippen molar-refractivity contribution in [2.75, 3.05) is 0 Å². The monoisotopic (exact) mass is 525 g/mol. The van der Waals surface area contributed by atoms with Crippen molar-refractivity contribution >= 4 is 17.0 Å². The van der Waals surface area contributed by atoms with Crippen LogP contribution in [0, 0.1) is 40.7 Å². The van der Waals surface area contributed by atoms with E-state index < -0.39 is 0 Å². The average Bonchev–Trinajstić information content (AvgIpc) is 3.38. The summed E-state index contributed by atoms with van der Waals surface area (Å²) in [5.41, 5.74) is 11.2. The molecule has 1 heterocycles. The van der Waals surface area contributed by atoms with Crippen LogP contribution in [-0.2, 0) is 26.2 Å². The van der Waals surface area contributed by atoms with E-state index >= 15 is 0 Å². The van der Waals surface area contributed by atoms with Gasteiger partial charge >= 0.3 is 26.2 Å². The van der Waals surface area contributed by atoms with Crippen LogP contribution in [0.2, 0.25) is 0 Å². The molecule has 1 atom stereocenters. The van der Waals surface area contributed by atoms with Crippen LogP contribution in [0.4, 0.5) is 0 Å². The Morgan fingerprint density at radius 1 is 0.806 bits per heavy atom. The minimum absolute atomic E-state index is 0. The van der Waals surface area contributed by atoms with Crippen LogP contribution in [0.1, 0.15) is 45.0 Å². The van der Waals surface area contributed by atoms with Crippen molar-refractivity contribution in [3.05, 3.63) is 106 Å². The number of allylic oxidation sites excluding steroid dienone is 1. The number of hydrogen-bond donors (Lipinski definition) is 0. The van der Waals surface area contributed by atoms with Gasteiger partial charge in [-0.2, -0.15) is 33.4 Å². The summed E-state index contributed by atoms with van der Waals surface area (Å²) in [6.07, 6.45) is 7.70. The number of benzene rings is 2. The molecule has 3 aromatic carbocycles. The van der Waals surface area contributed by atoms with Gasteiger partial charge in [0, 0.05) is 11.7 Å². The molecule has 0 bridgehead atoms. The van der Waals surface area contributed by atoms with Gasteiger partial charge < -0.3 is 29.4 Å². The summed E-state index contributed by atoms with van der Waals surface area (Å²) in [5.74, 6) is 0. The van der Waals surface area contributed by atoms with Crippen molar-refractivity contribution in [3.63, 3.8) is 0 Å². The van der Waals surface area contributed by atoms with Crippen molar-refractivity contribution in [1.29, 1.82) is 0 Å². The predicted octanol–water partition coefficient (Wildman–Crippen LogP) is 1.01. The molecule has 4 heteroatoms. The molecule has 1 unspecified atom stereocenters. The summed E-state index contributed by atoms with van der Waals surface area (Å²) < 4.78 is 2.29. The number of nitrogens with zero attached hydrogens (tertiary/aromatic N) is 1. The van der Waals surface area contributed by atoms with Gasteiger partial charge in [0.2, 0.25) is 0 Å². The van der Waals surface area contributed by atoms with Crippen molar-refractivity contribution in [1.82, 2.24) is 4.57 Å². The molecule has 0 N–H and O–H groups in total. The van der Waals surface area contributed by atoms with Gasteiger partial charge in [-0.05, 0) is 23.6 Å². The average molecular weight is 528 g/mol. The Hall–Kier alpha value is -1.47. The molecule has 0 fully saturated rings. The molecule has 0 amide bonds. The Morgan fingerprint density at radius 3 is 2.00 bits per heavy atom. The standard InChI is InChI=1S/C17H12N.C10H15.2ClH.Zr/c1-3-7-15-13(5-1)9-10-17(15)18-12-11-14-6-2-4-8-16(14)18;1-6-7(2)9(4)10(5)8(6)3;;;/h1-9,11-12,17H;1-5H3;2*1H;/q2*-1;;;+4/p-2. The molecular weight excluding hydrogens is 500 g/mol. The van der Waals surface area contributed by atoms with Crippen LogP contribution >= 0.6 is 0 Å². The largest absolute Gasteiger partial charge is 4.00 e. The molecule has 4 aromatic rings. The second-order valence-electron chi connectivity index (χ2n) is 7.75. The van der Waals surface area contributed by atoms with Crippen LogP contribution in [-0.4, -0.2) is 4.57 Å². The topological polar surface area (TPSA) is 4.93 Å². The van der Waals surface area contributed by atoms with Crippen molar-refractivity contribution in [2.24, 2.45) is 0 Å². The fourth-order valence-electron chi connectivity index (χ4n) is 4.12. The predicted molar refractivity (Wildman–Crippen MR) is 120 cm³/mol. The molecule has 5 rings (SSSR count). The number of fused-ring (bicyclic) bond motifs is 2. The van der Waals surface area contributed by atoms with Gasteiger partial charge in [-0.15, -0.1) is 11.6 Å². The van der Waals surface area contributed by atoms with E-state index in [9.17, 15) is 0 Å². The Labute approximate surface area is 217 Å². The molecule has 0 spiro atoms. The number of halogens is 2. The van der Waals surface area contributed by atoms with Gasteiger partial charge in [-0.1, -0.05) is 71.0 Å². The Bertz CT molecular complexity index is 1100. The second-order valence-corrected chi connectivity index (χ2v) is 7.75. The molecule has 0 aliphatic heterocycles. The summed E-state index contributed by atoms with van der Waals surface area (Å²) in [5, 5.41) is 1.28. The van der Waals surface area contributed by atoms with Gasteiger partial charge in [0.15, 0.2) is 0 Å². The number of para-hydroxylation sites is 1. The fraction of sp³-hybridized carbons (Fsp3) is 0.222. The molecule has 0 saturated carbocycles. The van der Waals surface area contributed by atoms with Crippen LogP contribution < -0.4 is 24.8 Å². The third-order valence-electron chi connectivity index (χ3n) is 6.41. The Morgan fingerprint density at radius 2 is 1.39 bits per heavy atom. The van der Waals surface area contributed by atoms with Gasteiger partial charge in [-0.25, -0.2) is 12.2 Å². The SMILES string of the molecule is Cc1c(C)c(C)[c-](C)c1C.[C-]1=Cc2ccccc2C1n1ccc2ccccc21.[Cl-].[Cl-].[Zr+4]. The molecule has 1 aliphatic rings. The molecule has 0 radical (unpaired) electrons. The van der Waals surface area contributed by atoms with Gasteiger partial charge in [0.25, 0.3) is 0 Å². The maximum absolute atomic E-state index is 3.45. The van der Waals surface area contributed by atoms with Crippen LogP contribution in [0.5, 0.6) is 0 Å². The van der Waals surface area contributed by atoms with Gasteiger partial charge in [0.05, 0.1) is 0 Å². The van der Waals surface area contributed by atoms with E-state index in [1.165, 1.54) is 49.8 Å². The first-order valence-electron chi connectivity index (χ1n) is 9.92. The zero-order chi connectivity index (χ0) is 19.8. The Balaban J connectivity index is 0.000000324. The van der Waals surface area contributed by atoms with Crippen LogP contribution in [0.25, 0.3) is 17.0 Å². The third kappa shape index (κ3) is 5.14. The molecule has 1 aliphatic carbocycles. The second kappa shape index (κ2) is 11.4. The van der Waals surface area contributed by atoms with E-state index in [0.717, 1.165) is 0 Å². The minimum atomic E-state index is 0. The van der Waals surface area contributed by atoms with E-state index in [-0.39, 0.29) is 57.1 Å².